The molecule has 1 saturated heterocycles. The molecule has 0 amide bonds. The van der Waals surface area contributed by atoms with E-state index in [1.54, 1.807) is 6.92 Å². The molecule has 4 heteroatoms. The summed E-state index contributed by atoms with van der Waals surface area (Å²) in [7, 11) is -2.81. The topological polar surface area (TPSA) is 54.4 Å². The number of rotatable bonds is 3. The molecule has 0 spiro atoms. The molecule has 1 fully saturated rings. The quantitative estimate of drug-likeness (QED) is 0.690. The molecule has 0 aromatic rings. The first kappa shape index (κ1) is 10.7. The number of hydrogen-bond acceptors (Lipinski definition) is 3. The molecule has 2 unspecified atom stereocenters. The van der Waals surface area contributed by atoms with E-state index in [-0.39, 0.29) is 17.4 Å². The Kier molecular flexibility index (Phi) is 3.14. The van der Waals surface area contributed by atoms with Crippen molar-refractivity contribution in [2.75, 3.05) is 11.5 Å². The minimum absolute atomic E-state index is 0.122. The molecule has 0 aromatic heterocycles. The molecular weight excluding hydrogens is 188 g/mol. The van der Waals surface area contributed by atoms with Gasteiger partial charge in [0.2, 0.25) is 0 Å². The molecule has 0 saturated carbocycles. The van der Waals surface area contributed by atoms with Gasteiger partial charge in [0.05, 0.1) is 17.6 Å². The van der Waals surface area contributed by atoms with Gasteiger partial charge in [-0.2, -0.15) is 0 Å². The second kappa shape index (κ2) is 3.80. The Morgan fingerprint density at radius 1 is 1.69 bits per heavy atom. The third-order valence-corrected chi connectivity index (χ3v) is 4.29. The van der Waals surface area contributed by atoms with E-state index in [1.165, 1.54) is 0 Å². The summed E-state index contributed by atoms with van der Waals surface area (Å²) in [5.74, 6) is 0.634. The van der Waals surface area contributed by atoms with Gasteiger partial charge in [-0.3, -0.25) is 0 Å². The molecule has 1 aliphatic rings. The lowest BCUT2D eigenvalue weighted by atomic mass is 9.98. The maximum absolute atomic E-state index is 11.1. The van der Waals surface area contributed by atoms with Crippen LogP contribution < -0.4 is 0 Å². The first-order valence-corrected chi connectivity index (χ1v) is 6.27. The molecular formula is C9H16O3S. The molecule has 2 atom stereocenters. The van der Waals surface area contributed by atoms with Gasteiger partial charge < -0.3 is 5.11 Å². The Labute approximate surface area is 79.4 Å². The lowest BCUT2D eigenvalue weighted by Gasteiger charge is -2.13. The molecule has 76 valence electrons. The molecule has 13 heavy (non-hydrogen) atoms. The molecule has 1 heterocycles. The number of sulfone groups is 1. The Morgan fingerprint density at radius 2 is 2.31 bits per heavy atom. The molecule has 0 radical (unpaired) electrons. The third-order valence-electron chi connectivity index (χ3n) is 2.45. The summed E-state index contributed by atoms with van der Waals surface area (Å²) < 4.78 is 22.2. The van der Waals surface area contributed by atoms with Crippen LogP contribution in [-0.4, -0.2) is 31.1 Å². The molecule has 0 bridgehead atoms. The fourth-order valence-corrected chi connectivity index (χ4v) is 3.45. The normalized spacial score (nSPS) is 28.6. The largest absolute Gasteiger partial charge is 0.389 e. The average Bonchev–Trinajstić information content (AvgIpc) is 2.30. The Bertz CT molecular complexity index is 292. The Balaban J connectivity index is 2.45. The Hall–Kier alpha value is -0.350. The molecule has 1 aliphatic heterocycles. The molecule has 0 aliphatic carbocycles. The van der Waals surface area contributed by atoms with Crippen LogP contribution in [0.15, 0.2) is 12.2 Å². The van der Waals surface area contributed by atoms with Crippen LogP contribution in [0.3, 0.4) is 0 Å². The highest BCUT2D eigenvalue weighted by Gasteiger charge is 2.29. The average molecular weight is 204 g/mol. The SMILES string of the molecule is C=C(C)C(O)CC1CCS(=O)(=O)C1. The standard InChI is InChI=1S/C9H16O3S/c1-7(2)9(10)5-8-3-4-13(11,12)6-8/h8-10H,1,3-6H2,2H3. The summed E-state index contributed by atoms with van der Waals surface area (Å²) in [5, 5.41) is 9.46. The van der Waals surface area contributed by atoms with Gasteiger partial charge in [-0.25, -0.2) is 8.42 Å². The summed E-state index contributed by atoms with van der Waals surface area (Å²) in [6.07, 6.45) is 0.680. The summed E-state index contributed by atoms with van der Waals surface area (Å²) in [5.41, 5.74) is 0.712. The fourth-order valence-electron chi connectivity index (χ4n) is 1.57. The van der Waals surface area contributed by atoms with E-state index in [0.29, 0.717) is 18.4 Å². The highest BCUT2D eigenvalue weighted by Crippen LogP contribution is 2.24. The lowest BCUT2D eigenvalue weighted by molar-refractivity contribution is 0.181. The molecule has 3 nitrogen and oxygen atoms in total. The minimum Gasteiger partial charge on any atom is -0.389 e. The van der Waals surface area contributed by atoms with Crippen molar-refractivity contribution < 1.29 is 13.5 Å². The van der Waals surface area contributed by atoms with Crippen LogP contribution in [0, 0.1) is 5.92 Å². The molecule has 1 N–H and O–H groups in total. The van der Waals surface area contributed by atoms with Gasteiger partial charge in [0.1, 0.15) is 0 Å². The van der Waals surface area contributed by atoms with E-state index in [1.807, 2.05) is 0 Å². The van der Waals surface area contributed by atoms with Crippen LogP contribution in [-0.2, 0) is 9.84 Å². The summed E-state index contributed by atoms with van der Waals surface area (Å²) in [4.78, 5) is 0. The highest BCUT2D eigenvalue weighted by atomic mass is 32.2. The summed E-state index contributed by atoms with van der Waals surface area (Å²) >= 11 is 0. The van der Waals surface area contributed by atoms with E-state index in [0.717, 1.165) is 0 Å². The maximum atomic E-state index is 11.1. The van der Waals surface area contributed by atoms with Crippen molar-refractivity contribution in [1.29, 1.82) is 0 Å². The number of aliphatic hydroxyl groups is 1. The van der Waals surface area contributed by atoms with Crippen molar-refractivity contribution >= 4 is 9.84 Å². The predicted molar refractivity (Wildman–Crippen MR) is 52.2 cm³/mol. The van der Waals surface area contributed by atoms with Gasteiger partial charge in [0.15, 0.2) is 9.84 Å². The number of aliphatic hydroxyl groups excluding tert-OH is 1. The van der Waals surface area contributed by atoms with Crippen molar-refractivity contribution in [3.05, 3.63) is 12.2 Å². The highest BCUT2D eigenvalue weighted by molar-refractivity contribution is 7.91. The van der Waals surface area contributed by atoms with Crippen molar-refractivity contribution in [2.24, 2.45) is 5.92 Å². The van der Waals surface area contributed by atoms with Crippen LogP contribution in [0.4, 0.5) is 0 Å². The lowest BCUT2D eigenvalue weighted by Crippen LogP contribution is -2.15. The van der Waals surface area contributed by atoms with Crippen molar-refractivity contribution in [1.82, 2.24) is 0 Å². The van der Waals surface area contributed by atoms with Crippen LogP contribution in [0.25, 0.3) is 0 Å². The fraction of sp³-hybridized carbons (Fsp3) is 0.778. The second-order valence-electron chi connectivity index (χ2n) is 3.87. The second-order valence-corrected chi connectivity index (χ2v) is 6.10. The van der Waals surface area contributed by atoms with Crippen LogP contribution in [0.1, 0.15) is 19.8 Å². The first-order chi connectivity index (χ1) is 5.91. The van der Waals surface area contributed by atoms with Gasteiger partial charge in [-0.15, -0.1) is 0 Å². The van der Waals surface area contributed by atoms with Crippen LogP contribution in [0.5, 0.6) is 0 Å². The van der Waals surface area contributed by atoms with E-state index < -0.39 is 15.9 Å². The number of hydrogen-bond donors (Lipinski definition) is 1. The molecule has 1 rings (SSSR count). The van der Waals surface area contributed by atoms with Crippen molar-refractivity contribution in [2.45, 2.75) is 25.9 Å². The van der Waals surface area contributed by atoms with Gasteiger partial charge in [-0.1, -0.05) is 12.2 Å². The van der Waals surface area contributed by atoms with Crippen LogP contribution >= 0.6 is 0 Å². The van der Waals surface area contributed by atoms with E-state index in [9.17, 15) is 13.5 Å². The van der Waals surface area contributed by atoms with Crippen LogP contribution in [0.2, 0.25) is 0 Å². The van der Waals surface area contributed by atoms with E-state index >= 15 is 0 Å². The zero-order valence-electron chi connectivity index (χ0n) is 7.86. The zero-order valence-corrected chi connectivity index (χ0v) is 8.68. The summed E-state index contributed by atoms with van der Waals surface area (Å²) in [6, 6.07) is 0. The van der Waals surface area contributed by atoms with Gasteiger partial charge >= 0.3 is 0 Å². The van der Waals surface area contributed by atoms with E-state index in [4.69, 9.17) is 0 Å². The van der Waals surface area contributed by atoms with Crippen molar-refractivity contribution in [3.8, 4) is 0 Å². The van der Waals surface area contributed by atoms with Gasteiger partial charge in [-0.05, 0) is 25.7 Å². The molecule has 0 aromatic carbocycles. The van der Waals surface area contributed by atoms with Gasteiger partial charge in [0, 0.05) is 0 Å². The summed E-state index contributed by atoms with van der Waals surface area (Å²) in [6.45, 7) is 5.39. The minimum atomic E-state index is -2.81. The van der Waals surface area contributed by atoms with Gasteiger partial charge in [0.25, 0.3) is 0 Å². The maximum Gasteiger partial charge on any atom is 0.150 e. The van der Waals surface area contributed by atoms with E-state index in [2.05, 4.69) is 6.58 Å². The third kappa shape index (κ3) is 3.12. The van der Waals surface area contributed by atoms with Crippen molar-refractivity contribution in [3.63, 3.8) is 0 Å². The monoisotopic (exact) mass is 204 g/mol. The first-order valence-electron chi connectivity index (χ1n) is 4.44. The zero-order chi connectivity index (χ0) is 10.1. The Morgan fingerprint density at radius 3 is 2.69 bits per heavy atom. The smallest absolute Gasteiger partial charge is 0.150 e. The predicted octanol–water partition coefficient (Wildman–Crippen LogP) is 0.748.